The lowest BCUT2D eigenvalue weighted by Gasteiger charge is -2.37. The molecule has 1 amide bonds. The molecule has 1 fully saturated rings. The third kappa shape index (κ3) is 2.18. The van der Waals surface area contributed by atoms with Crippen LogP contribution >= 0.6 is 0 Å². The summed E-state index contributed by atoms with van der Waals surface area (Å²) >= 11 is 0. The number of rotatable bonds is 2. The highest BCUT2D eigenvalue weighted by Crippen LogP contribution is 2.21. The van der Waals surface area contributed by atoms with Gasteiger partial charge in [0.1, 0.15) is 0 Å². The summed E-state index contributed by atoms with van der Waals surface area (Å²) in [4.78, 5) is 14.7. The van der Waals surface area contributed by atoms with Gasteiger partial charge in [0.05, 0.1) is 24.3 Å². The van der Waals surface area contributed by atoms with Gasteiger partial charge in [0.25, 0.3) is 5.91 Å². The van der Waals surface area contributed by atoms with Gasteiger partial charge < -0.3 is 9.64 Å². The van der Waals surface area contributed by atoms with Crippen molar-refractivity contribution < 1.29 is 9.53 Å². The Morgan fingerprint density at radius 2 is 2.30 bits per heavy atom. The Morgan fingerprint density at radius 3 is 3.10 bits per heavy atom. The molecule has 0 saturated carbocycles. The second-order valence-corrected chi connectivity index (χ2v) is 5.28. The molecule has 2 unspecified atom stereocenters. The van der Waals surface area contributed by atoms with E-state index in [0.29, 0.717) is 18.8 Å². The third-order valence-corrected chi connectivity index (χ3v) is 3.87. The monoisotopic (exact) mass is 273 g/mol. The number of ether oxygens (including phenoxy) is 1. The summed E-state index contributed by atoms with van der Waals surface area (Å²) in [6.45, 7) is 5.30. The van der Waals surface area contributed by atoms with Gasteiger partial charge in [-0.2, -0.15) is 5.10 Å². The maximum absolute atomic E-state index is 12.8. The van der Waals surface area contributed by atoms with E-state index in [1.165, 1.54) is 0 Å². The van der Waals surface area contributed by atoms with Crippen molar-refractivity contribution in [1.29, 1.82) is 0 Å². The van der Waals surface area contributed by atoms with Crippen LogP contribution in [-0.4, -0.2) is 46.3 Å². The van der Waals surface area contributed by atoms with Crippen molar-refractivity contribution in [3.8, 4) is 0 Å². The van der Waals surface area contributed by atoms with E-state index in [1.54, 1.807) is 0 Å². The molecule has 0 bridgehead atoms. The zero-order chi connectivity index (χ0) is 14.1. The summed E-state index contributed by atoms with van der Waals surface area (Å²) in [5.74, 6) is -0.00977. The van der Waals surface area contributed by atoms with Crippen molar-refractivity contribution in [3.05, 3.63) is 30.0 Å². The van der Waals surface area contributed by atoms with Gasteiger partial charge >= 0.3 is 0 Å². The lowest BCUT2D eigenvalue weighted by atomic mass is 10.1. The zero-order valence-corrected chi connectivity index (χ0v) is 11.8. The number of hydrogen-bond donors (Lipinski definition) is 1. The minimum atomic E-state index is -0.00977. The number of hydrogen-bond acceptors (Lipinski definition) is 3. The van der Waals surface area contributed by atoms with Crippen molar-refractivity contribution in [2.75, 3.05) is 13.2 Å². The lowest BCUT2D eigenvalue weighted by Crippen LogP contribution is -2.51. The molecule has 1 aliphatic rings. The second kappa shape index (κ2) is 5.25. The highest BCUT2D eigenvalue weighted by molar-refractivity contribution is 6.04. The molecule has 20 heavy (non-hydrogen) atoms. The van der Waals surface area contributed by atoms with Crippen LogP contribution in [0.2, 0.25) is 0 Å². The molecule has 1 aromatic heterocycles. The molecule has 2 atom stereocenters. The Labute approximate surface area is 117 Å². The Bertz CT molecular complexity index is 622. The largest absolute Gasteiger partial charge is 0.375 e. The maximum Gasteiger partial charge on any atom is 0.275 e. The summed E-state index contributed by atoms with van der Waals surface area (Å²) in [6, 6.07) is 7.85. The number of aromatic amines is 1. The number of carbonyl (C=O) groups excluding carboxylic acids is 1. The van der Waals surface area contributed by atoms with Crippen molar-refractivity contribution in [2.24, 2.45) is 0 Å². The lowest BCUT2D eigenvalue weighted by molar-refractivity contribution is -0.0445. The topological polar surface area (TPSA) is 58.2 Å². The first-order chi connectivity index (χ1) is 9.70. The number of H-pyrrole nitrogens is 1. The fourth-order valence-electron chi connectivity index (χ4n) is 2.69. The summed E-state index contributed by atoms with van der Waals surface area (Å²) in [7, 11) is 0. The number of benzene rings is 1. The van der Waals surface area contributed by atoms with Crippen molar-refractivity contribution in [1.82, 2.24) is 15.1 Å². The van der Waals surface area contributed by atoms with Crippen LogP contribution in [0.3, 0.4) is 0 Å². The first kappa shape index (κ1) is 13.1. The van der Waals surface area contributed by atoms with Gasteiger partial charge in [-0.25, -0.2) is 0 Å². The minimum absolute atomic E-state index is 0.00977. The van der Waals surface area contributed by atoms with Gasteiger partial charge in [0, 0.05) is 11.9 Å². The molecule has 3 rings (SSSR count). The molecular weight excluding hydrogens is 254 g/mol. The van der Waals surface area contributed by atoms with E-state index in [2.05, 4.69) is 17.1 Å². The Morgan fingerprint density at radius 1 is 1.50 bits per heavy atom. The average molecular weight is 273 g/mol. The van der Waals surface area contributed by atoms with Crippen LogP contribution in [0.15, 0.2) is 24.3 Å². The van der Waals surface area contributed by atoms with Gasteiger partial charge in [0.15, 0.2) is 5.69 Å². The van der Waals surface area contributed by atoms with E-state index in [4.69, 9.17) is 4.74 Å². The van der Waals surface area contributed by atoms with Crippen molar-refractivity contribution in [3.63, 3.8) is 0 Å². The molecule has 5 nitrogen and oxygen atoms in total. The normalized spacial score (nSPS) is 23.2. The van der Waals surface area contributed by atoms with Crippen LogP contribution < -0.4 is 0 Å². The Hall–Kier alpha value is -1.88. The van der Waals surface area contributed by atoms with E-state index in [1.807, 2.05) is 36.1 Å². The molecule has 1 aromatic carbocycles. The number of para-hydroxylation sites is 1. The van der Waals surface area contributed by atoms with Crippen LogP contribution in [0.1, 0.15) is 30.8 Å². The number of morpholine rings is 1. The van der Waals surface area contributed by atoms with Gasteiger partial charge in [-0.1, -0.05) is 25.1 Å². The zero-order valence-electron chi connectivity index (χ0n) is 11.8. The molecule has 1 saturated heterocycles. The molecule has 0 aliphatic carbocycles. The summed E-state index contributed by atoms with van der Waals surface area (Å²) < 4.78 is 5.64. The molecule has 1 N–H and O–H groups in total. The van der Waals surface area contributed by atoms with E-state index >= 15 is 0 Å². The number of carbonyl (C=O) groups is 1. The summed E-state index contributed by atoms with van der Waals surface area (Å²) in [6.07, 6.45) is 0.966. The number of fused-ring (bicyclic) bond motifs is 1. The Kier molecular flexibility index (Phi) is 3.44. The number of nitrogens with one attached hydrogen (secondary N) is 1. The van der Waals surface area contributed by atoms with Gasteiger partial charge in [-0.3, -0.25) is 9.89 Å². The van der Waals surface area contributed by atoms with E-state index in [0.717, 1.165) is 17.3 Å². The van der Waals surface area contributed by atoms with Gasteiger partial charge in [0.2, 0.25) is 0 Å². The van der Waals surface area contributed by atoms with Crippen LogP contribution in [0, 0.1) is 0 Å². The number of amides is 1. The van der Waals surface area contributed by atoms with E-state index < -0.39 is 0 Å². The van der Waals surface area contributed by atoms with Crippen LogP contribution in [0.5, 0.6) is 0 Å². The van der Waals surface area contributed by atoms with Crippen LogP contribution in [-0.2, 0) is 4.74 Å². The fourth-order valence-corrected chi connectivity index (χ4v) is 2.69. The number of nitrogens with zero attached hydrogens (tertiary/aromatic N) is 2. The van der Waals surface area contributed by atoms with Gasteiger partial charge in [-0.15, -0.1) is 0 Å². The van der Waals surface area contributed by atoms with E-state index in [9.17, 15) is 4.79 Å². The standard InChI is InChI=1S/C15H19N3O2/c1-3-11-9-20-10(2)8-18(11)15(19)14-12-6-4-5-7-13(12)16-17-14/h4-7,10-11H,3,8-9H2,1-2H3,(H,16,17). The molecule has 5 heteroatoms. The van der Waals surface area contributed by atoms with Crippen LogP contribution in [0.25, 0.3) is 10.9 Å². The van der Waals surface area contributed by atoms with E-state index in [-0.39, 0.29) is 18.1 Å². The molecule has 2 heterocycles. The fraction of sp³-hybridized carbons (Fsp3) is 0.467. The second-order valence-electron chi connectivity index (χ2n) is 5.28. The average Bonchev–Trinajstić information content (AvgIpc) is 2.90. The third-order valence-electron chi connectivity index (χ3n) is 3.87. The molecular formula is C15H19N3O2. The molecule has 1 aliphatic heterocycles. The summed E-state index contributed by atoms with van der Waals surface area (Å²) in [5, 5.41) is 8.01. The number of aromatic nitrogens is 2. The first-order valence-corrected chi connectivity index (χ1v) is 7.06. The Balaban J connectivity index is 1.94. The molecule has 0 spiro atoms. The minimum Gasteiger partial charge on any atom is -0.375 e. The maximum atomic E-state index is 12.8. The molecule has 106 valence electrons. The highest BCUT2D eigenvalue weighted by atomic mass is 16.5. The molecule has 0 radical (unpaired) electrons. The van der Waals surface area contributed by atoms with Gasteiger partial charge in [-0.05, 0) is 19.4 Å². The molecule has 2 aromatic rings. The smallest absolute Gasteiger partial charge is 0.275 e. The highest BCUT2D eigenvalue weighted by Gasteiger charge is 2.31. The summed E-state index contributed by atoms with van der Waals surface area (Å²) in [5.41, 5.74) is 1.40. The van der Waals surface area contributed by atoms with Crippen molar-refractivity contribution in [2.45, 2.75) is 32.4 Å². The van der Waals surface area contributed by atoms with Crippen molar-refractivity contribution >= 4 is 16.8 Å². The quantitative estimate of drug-likeness (QED) is 0.912. The van der Waals surface area contributed by atoms with Crippen LogP contribution in [0.4, 0.5) is 0 Å². The SMILES string of the molecule is CCC1COC(C)CN1C(=O)c1n[nH]c2ccccc12. The predicted molar refractivity (Wildman–Crippen MR) is 76.6 cm³/mol. The first-order valence-electron chi connectivity index (χ1n) is 7.06. The predicted octanol–water partition coefficient (Wildman–Crippen LogP) is 2.20.